The maximum atomic E-state index is 12.8. The molecule has 1 aliphatic rings. The zero-order valence-electron chi connectivity index (χ0n) is 15.4. The number of carbonyl (C=O) groups is 2. The number of carboxylic acids is 1. The molecule has 1 aromatic heterocycles. The third-order valence-corrected chi connectivity index (χ3v) is 4.41. The van der Waals surface area contributed by atoms with Crippen molar-refractivity contribution >= 4 is 11.9 Å². The number of esters is 1. The van der Waals surface area contributed by atoms with Gasteiger partial charge in [0, 0.05) is 37.5 Å². The van der Waals surface area contributed by atoms with Crippen molar-refractivity contribution in [3.63, 3.8) is 0 Å². The first-order valence-corrected chi connectivity index (χ1v) is 8.32. The second kappa shape index (κ2) is 8.73. The Balaban J connectivity index is 2.50. The number of ether oxygens (including phenoxy) is 1. The van der Waals surface area contributed by atoms with Crippen LogP contribution in [0.1, 0.15) is 38.3 Å². The summed E-state index contributed by atoms with van der Waals surface area (Å²) in [5.74, 6) is 2.44. The SMILES string of the molecule is C#CCCC#COC(=O)C1=C(C)N(C)C(C)=C(C(=O)O)C1c1ccccn1. The van der Waals surface area contributed by atoms with Gasteiger partial charge in [0.1, 0.15) is 6.11 Å². The number of aromatic nitrogens is 1. The van der Waals surface area contributed by atoms with Crippen LogP contribution in [0.4, 0.5) is 0 Å². The summed E-state index contributed by atoms with van der Waals surface area (Å²) >= 11 is 0. The third-order valence-electron chi connectivity index (χ3n) is 4.41. The first-order valence-electron chi connectivity index (χ1n) is 8.32. The number of unbranched alkanes of at least 4 members (excludes halogenated alkanes) is 1. The molecular weight excluding hydrogens is 344 g/mol. The Morgan fingerprint density at radius 3 is 2.56 bits per heavy atom. The molecule has 0 bridgehead atoms. The second-order valence-corrected chi connectivity index (χ2v) is 5.92. The Morgan fingerprint density at radius 2 is 1.96 bits per heavy atom. The molecule has 0 saturated carbocycles. The molecule has 0 amide bonds. The average molecular weight is 364 g/mol. The van der Waals surface area contributed by atoms with Gasteiger partial charge in [0.2, 0.25) is 0 Å². The van der Waals surface area contributed by atoms with E-state index in [2.05, 4.69) is 22.9 Å². The largest absolute Gasteiger partial charge is 0.478 e. The molecular formula is C21H20N2O4. The van der Waals surface area contributed by atoms with E-state index < -0.39 is 17.9 Å². The molecule has 27 heavy (non-hydrogen) atoms. The Kier molecular flexibility index (Phi) is 6.41. The number of pyridine rings is 1. The molecule has 6 heteroatoms. The van der Waals surface area contributed by atoms with Crippen molar-refractivity contribution in [2.45, 2.75) is 32.6 Å². The zero-order valence-corrected chi connectivity index (χ0v) is 15.4. The molecule has 1 aliphatic heterocycles. The number of aliphatic carboxylic acids is 1. The van der Waals surface area contributed by atoms with Crippen LogP contribution in [0.25, 0.3) is 0 Å². The molecule has 138 valence electrons. The molecule has 2 rings (SSSR count). The number of hydrogen-bond acceptors (Lipinski definition) is 5. The highest BCUT2D eigenvalue weighted by Crippen LogP contribution is 2.40. The van der Waals surface area contributed by atoms with E-state index in [1.807, 2.05) is 0 Å². The summed E-state index contributed by atoms with van der Waals surface area (Å²) in [6, 6.07) is 5.15. The minimum Gasteiger partial charge on any atom is -0.478 e. The van der Waals surface area contributed by atoms with Gasteiger partial charge in [0.25, 0.3) is 0 Å². The molecule has 0 radical (unpaired) electrons. The molecule has 1 atom stereocenters. The van der Waals surface area contributed by atoms with Gasteiger partial charge in [-0.05, 0) is 26.0 Å². The van der Waals surface area contributed by atoms with Crippen LogP contribution in [0, 0.1) is 24.4 Å². The number of hydrogen-bond donors (Lipinski definition) is 1. The van der Waals surface area contributed by atoms with E-state index >= 15 is 0 Å². The predicted molar refractivity (Wildman–Crippen MR) is 99.7 cm³/mol. The summed E-state index contributed by atoms with van der Waals surface area (Å²) in [7, 11) is 1.70. The van der Waals surface area contributed by atoms with Crippen LogP contribution in [0.5, 0.6) is 0 Å². The van der Waals surface area contributed by atoms with E-state index in [0.717, 1.165) is 0 Å². The van der Waals surface area contributed by atoms with Crippen LogP contribution in [-0.2, 0) is 14.3 Å². The number of terminal acetylenes is 1. The lowest BCUT2D eigenvalue weighted by Crippen LogP contribution is -2.33. The van der Waals surface area contributed by atoms with Crippen molar-refractivity contribution in [2.75, 3.05) is 7.05 Å². The van der Waals surface area contributed by atoms with Crippen molar-refractivity contribution in [2.24, 2.45) is 0 Å². The lowest BCUT2D eigenvalue weighted by molar-refractivity contribution is -0.133. The van der Waals surface area contributed by atoms with Crippen molar-refractivity contribution in [1.29, 1.82) is 0 Å². The molecule has 2 heterocycles. The lowest BCUT2D eigenvalue weighted by Gasteiger charge is -2.34. The molecule has 1 unspecified atom stereocenters. The zero-order chi connectivity index (χ0) is 20.0. The van der Waals surface area contributed by atoms with Gasteiger partial charge in [0.15, 0.2) is 0 Å². The van der Waals surface area contributed by atoms with Crippen molar-refractivity contribution in [1.82, 2.24) is 9.88 Å². The van der Waals surface area contributed by atoms with Gasteiger partial charge < -0.3 is 14.7 Å². The fourth-order valence-electron chi connectivity index (χ4n) is 2.88. The minimum atomic E-state index is -1.12. The Labute approximate surface area is 158 Å². The van der Waals surface area contributed by atoms with Crippen LogP contribution < -0.4 is 0 Å². The fourth-order valence-corrected chi connectivity index (χ4v) is 2.88. The molecule has 0 saturated heterocycles. The van der Waals surface area contributed by atoms with Crippen LogP contribution >= 0.6 is 0 Å². The summed E-state index contributed by atoms with van der Waals surface area (Å²) in [5, 5.41) is 9.78. The van der Waals surface area contributed by atoms with Gasteiger partial charge in [-0.15, -0.1) is 12.3 Å². The lowest BCUT2D eigenvalue weighted by atomic mass is 9.82. The van der Waals surface area contributed by atoms with Crippen LogP contribution in [-0.4, -0.2) is 34.0 Å². The van der Waals surface area contributed by atoms with Gasteiger partial charge in [-0.1, -0.05) is 12.0 Å². The first-order chi connectivity index (χ1) is 12.9. The summed E-state index contributed by atoms with van der Waals surface area (Å²) in [5.41, 5.74) is 1.85. The fraction of sp³-hybridized carbons (Fsp3) is 0.286. The van der Waals surface area contributed by atoms with E-state index in [4.69, 9.17) is 11.2 Å². The Morgan fingerprint density at radius 1 is 1.26 bits per heavy atom. The molecule has 0 aliphatic carbocycles. The molecule has 0 fully saturated rings. The highest BCUT2D eigenvalue weighted by molar-refractivity contribution is 5.99. The van der Waals surface area contributed by atoms with Gasteiger partial charge in [-0.2, -0.15) is 0 Å². The van der Waals surface area contributed by atoms with Crippen molar-refractivity contribution in [3.05, 3.63) is 52.6 Å². The van der Waals surface area contributed by atoms with Crippen LogP contribution in [0.3, 0.4) is 0 Å². The standard InChI is InChI=1S/C21H20N2O4/c1-5-6-7-10-13-27-21(26)18-15(3)23(4)14(2)17(20(24)25)19(18)16-11-8-9-12-22-16/h1,8-9,11-12,19H,6-7H2,2-4H3,(H,24,25). The number of carbonyl (C=O) groups excluding carboxylic acids is 1. The number of rotatable bonds is 4. The average Bonchev–Trinajstić information content (AvgIpc) is 2.65. The normalized spacial score (nSPS) is 16.4. The quantitative estimate of drug-likeness (QED) is 0.503. The van der Waals surface area contributed by atoms with Crippen LogP contribution in [0.2, 0.25) is 0 Å². The number of allylic oxidation sites excluding steroid dienone is 2. The predicted octanol–water partition coefficient (Wildman–Crippen LogP) is 2.66. The van der Waals surface area contributed by atoms with E-state index in [1.165, 1.54) is 0 Å². The number of nitrogens with zero attached hydrogens (tertiary/aromatic N) is 2. The topological polar surface area (TPSA) is 79.7 Å². The summed E-state index contributed by atoms with van der Waals surface area (Å²) in [6.07, 6.45) is 9.92. The van der Waals surface area contributed by atoms with Gasteiger partial charge in [-0.25, -0.2) is 9.59 Å². The van der Waals surface area contributed by atoms with Gasteiger partial charge in [0.05, 0.1) is 22.8 Å². The summed E-state index contributed by atoms with van der Waals surface area (Å²) < 4.78 is 5.07. The van der Waals surface area contributed by atoms with E-state index in [-0.39, 0.29) is 11.1 Å². The monoisotopic (exact) mass is 364 g/mol. The van der Waals surface area contributed by atoms with E-state index in [9.17, 15) is 14.7 Å². The third kappa shape index (κ3) is 4.19. The minimum absolute atomic E-state index is 0.0778. The highest BCUT2D eigenvalue weighted by atomic mass is 16.5. The smallest absolute Gasteiger partial charge is 0.350 e. The Hall–Kier alpha value is -3.51. The first kappa shape index (κ1) is 19.8. The molecule has 1 aromatic rings. The maximum absolute atomic E-state index is 12.8. The molecule has 1 N–H and O–H groups in total. The van der Waals surface area contributed by atoms with E-state index in [0.29, 0.717) is 29.9 Å². The molecule has 0 aromatic carbocycles. The van der Waals surface area contributed by atoms with E-state index in [1.54, 1.807) is 50.2 Å². The summed E-state index contributed by atoms with van der Waals surface area (Å²) in [4.78, 5) is 30.6. The highest BCUT2D eigenvalue weighted by Gasteiger charge is 2.39. The Bertz CT molecular complexity index is 911. The van der Waals surface area contributed by atoms with Gasteiger partial charge in [-0.3, -0.25) is 4.98 Å². The second-order valence-electron chi connectivity index (χ2n) is 5.92. The molecule has 6 nitrogen and oxygen atoms in total. The van der Waals surface area contributed by atoms with Crippen LogP contribution in [0.15, 0.2) is 46.9 Å². The maximum Gasteiger partial charge on any atom is 0.350 e. The van der Waals surface area contributed by atoms with Crippen molar-refractivity contribution in [3.8, 4) is 24.4 Å². The number of carboxylic acid groups (broad SMARTS) is 1. The molecule has 0 spiro atoms. The van der Waals surface area contributed by atoms with Gasteiger partial charge >= 0.3 is 11.9 Å². The summed E-state index contributed by atoms with van der Waals surface area (Å²) in [6.45, 7) is 3.44. The van der Waals surface area contributed by atoms with Crippen molar-refractivity contribution < 1.29 is 19.4 Å².